The summed E-state index contributed by atoms with van der Waals surface area (Å²) < 4.78 is 0. The third-order valence-electron chi connectivity index (χ3n) is 4.74. The standard InChI is InChI=1S/C15H21N/c1-16-12-15(13-6-3-2-4-7-13)10-14(11-15)8-5-9-14/h2-4,6-7,16H,5,8-12H2,1H3. The summed E-state index contributed by atoms with van der Waals surface area (Å²) in [4.78, 5) is 0. The third-order valence-corrected chi connectivity index (χ3v) is 4.74. The van der Waals surface area contributed by atoms with E-state index in [4.69, 9.17) is 0 Å². The first-order valence-electron chi connectivity index (χ1n) is 6.49. The van der Waals surface area contributed by atoms with E-state index in [1.165, 1.54) is 32.1 Å². The first-order chi connectivity index (χ1) is 7.79. The summed E-state index contributed by atoms with van der Waals surface area (Å²) in [5.74, 6) is 0. The highest BCUT2D eigenvalue weighted by Gasteiger charge is 2.56. The van der Waals surface area contributed by atoms with Gasteiger partial charge in [0.1, 0.15) is 0 Å². The van der Waals surface area contributed by atoms with Crippen LogP contribution in [0.2, 0.25) is 0 Å². The summed E-state index contributed by atoms with van der Waals surface area (Å²) in [6.07, 6.45) is 7.23. The fourth-order valence-corrected chi connectivity index (χ4v) is 3.98. The first-order valence-corrected chi connectivity index (χ1v) is 6.49. The molecule has 86 valence electrons. The van der Waals surface area contributed by atoms with Crippen LogP contribution in [0.5, 0.6) is 0 Å². The molecule has 1 aromatic carbocycles. The molecule has 1 spiro atoms. The van der Waals surface area contributed by atoms with Crippen molar-refractivity contribution < 1.29 is 0 Å². The van der Waals surface area contributed by atoms with Gasteiger partial charge in [-0.2, -0.15) is 0 Å². The van der Waals surface area contributed by atoms with Gasteiger partial charge >= 0.3 is 0 Å². The average Bonchev–Trinajstić information content (AvgIpc) is 2.21. The zero-order valence-corrected chi connectivity index (χ0v) is 10.1. The quantitative estimate of drug-likeness (QED) is 0.817. The van der Waals surface area contributed by atoms with Crippen LogP contribution in [0.25, 0.3) is 0 Å². The van der Waals surface area contributed by atoms with E-state index in [0.717, 1.165) is 12.0 Å². The smallest absolute Gasteiger partial charge is 0.00882 e. The zero-order chi connectivity index (χ0) is 11.1. The summed E-state index contributed by atoms with van der Waals surface area (Å²) in [6, 6.07) is 11.1. The molecule has 0 amide bonds. The molecule has 0 heterocycles. The Labute approximate surface area is 98.3 Å². The van der Waals surface area contributed by atoms with Crippen molar-refractivity contribution in [2.45, 2.75) is 37.5 Å². The molecule has 0 aliphatic heterocycles. The SMILES string of the molecule is CNCC1(c2ccccc2)CC2(CCC2)C1. The minimum absolute atomic E-state index is 0.441. The topological polar surface area (TPSA) is 12.0 Å². The van der Waals surface area contributed by atoms with Crippen LogP contribution in [0.15, 0.2) is 30.3 Å². The van der Waals surface area contributed by atoms with Gasteiger partial charge in [0.25, 0.3) is 0 Å². The molecule has 2 aliphatic rings. The van der Waals surface area contributed by atoms with Gasteiger partial charge in [-0.05, 0) is 43.7 Å². The molecule has 0 aromatic heterocycles. The highest BCUT2D eigenvalue weighted by Crippen LogP contribution is 2.64. The molecule has 2 saturated carbocycles. The number of likely N-dealkylation sites (N-methyl/N-ethyl adjacent to an activating group) is 1. The molecule has 1 aromatic rings. The van der Waals surface area contributed by atoms with E-state index >= 15 is 0 Å². The number of benzene rings is 1. The van der Waals surface area contributed by atoms with Gasteiger partial charge in [0, 0.05) is 12.0 Å². The molecule has 0 saturated heterocycles. The number of nitrogens with one attached hydrogen (secondary N) is 1. The second-order valence-electron chi connectivity index (χ2n) is 5.88. The predicted molar refractivity (Wildman–Crippen MR) is 67.6 cm³/mol. The fourth-order valence-electron chi connectivity index (χ4n) is 3.98. The van der Waals surface area contributed by atoms with E-state index in [-0.39, 0.29) is 0 Å². The number of hydrogen-bond acceptors (Lipinski definition) is 1. The summed E-state index contributed by atoms with van der Waals surface area (Å²) in [5.41, 5.74) is 2.73. The number of hydrogen-bond donors (Lipinski definition) is 1. The second kappa shape index (κ2) is 3.59. The summed E-state index contributed by atoms with van der Waals surface area (Å²) >= 11 is 0. The van der Waals surface area contributed by atoms with Crippen LogP contribution in [0.4, 0.5) is 0 Å². The predicted octanol–water partition coefficient (Wildman–Crippen LogP) is 3.11. The van der Waals surface area contributed by atoms with Crippen molar-refractivity contribution in [2.75, 3.05) is 13.6 Å². The molecule has 1 nitrogen and oxygen atoms in total. The lowest BCUT2D eigenvalue weighted by molar-refractivity contribution is -0.0475. The van der Waals surface area contributed by atoms with Crippen LogP contribution in [0.3, 0.4) is 0 Å². The molecule has 0 unspecified atom stereocenters. The van der Waals surface area contributed by atoms with E-state index in [9.17, 15) is 0 Å². The molecule has 0 atom stereocenters. The third kappa shape index (κ3) is 1.41. The Hall–Kier alpha value is -0.820. The van der Waals surface area contributed by atoms with E-state index < -0.39 is 0 Å². The van der Waals surface area contributed by atoms with Crippen molar-refractivity contribution in [3.63, 3.8) is 0 Å². The molecule has 16 heavy (non-hydrogen) atoms. The van der Waals surface area contributed by atoms with Gasteiger partial charge in [-0.1, -0.05) is 36.8 Å². The lowest BCUT2D eigenvalue weighted by Gasteiger charge is -2.61. The maximum absolute atomic E-state index is 3.39. The molecule has 2 fully saturated rings. The van der Waals surface area contributed by atoms with Gasteiger partial charge in [0.05, 0.1) is 0 Å². The second-order valence-corrected chi connectivity index (χ2v) is 5.88. The maximum atomic E-state index is 3.39. The highest BCUT2D eigenvalue weighted by molar-refractivity contribution is 5.32. The van der Waals surface area contributed by atoms with Crippen LogP contribution >= 0.6 is 0 Å². The van der Waals surface area contributed by atoms with Crippen LogP contribution in [0, 0.1) is 5.41 Å². The van der Waals surface area contributed by atoms with Gasteiger partial charge in [0.15, 0.2) is 0 Å². The summed E-state index contributed by atoms with van der Waals surface area (Å²) in [7, 11) is 2.08. The maximum Gasteiger partial charge on any atom is 0.00882 e. The molecule has 1 N–H and O–H groups in total. The molecule has 3 rings (SSSR count). The first kappa shape index (κ1) is 10.3. The van der Waals surface area contributed by atoms with Crippen LogP contribution in [-0.4, -0.2) is 13.6 Å². The zero-order valence-electron chi connectivity index (χ0n) is 10.1. The lowest BCUT2D eigenvalue weighted by atomic mass is 9.44. The van der Waals surface area contributed by atoms with Crippen LogP contribution in [-0.2, 0) is 5.41 Å². The van der Waals surface area contributed by atoms with Gasteiger partial charge in [-0.3, -0.25) is 0 Å². The van der Waals surface area contributed by atoms with Crippen molar-refractivity contribution >= 4 is 0 Å². The summed E-state index contributed by atoms with van der Waals surface area (Å²) in [5, 5.41) is 3.39. The Morgan fingerprint density at radius 1 is 1.12 bits per heavy atom. The largest absolute Gasteiger partial charge is 0.319 e. The monoisotopic (exact) mass is 215 g/mol. The van der Waals surface area contributed by atoms with E-state index in [1.807, 2.05) is 0 Å². The van der Waals surface area contributed by atoms with Gasteiger partial charge in [-0.25, -0.2) is 0 Å². The van der Waals surface area contributed by atoms with Crippen molar-refractivity contribution in [3.05, 3.63) is 35.9 Å². The minimum atomic E-state index is 0.441. The van der Waals surface area contributed by atoms with Crippen molar-refractivity contribution in [2.24, 2.45) is 5.41 Å². The van der Waals surface area contributed by atoms with Crippen molar-refractivity contribution in [3.8, 4) is 0 Å². The van der Waals surface area contributed by atoms with E-state index in [2.05, 4.69) is 42.7 Å². The molecular weight excluding hydrogens is 194 g/mol. The number of rotatable bonds is 3. The molecule has 0 bridgehead atoms. The van der Waals surface area contributed by atoms with E-state index in [1.54, 1.807) is 5.56 Å². The van der Waals surface area contributed by atoms with Gasteiger partial charge < -0.3 is 5.32 Å². The van der Waals surface area contributed by atoms with Crippen LogP contribution < -0.4 is 5.32 Å². The van der Waals surface area contributed by atoms with Gasteiger partial charge in [-0.15, -0.1) is 0 Å². The molecule has 0 radical (unpaired) electrons. The Bertz CT molecular complexity index is 356. The minimum Gasteiger partial charge on any atom is -0.319 e. The Morgan fingerprint density at radius 2 is 1.81 bits per heavy atom. The highest BCUT2D eigenvalue weighted by atomic mass is 14.9. The summed E-state index contributed by atoms with van der Waals surface area (Å²) in [6.45, 7) is 1.14. The van der Waals surface area contributed by atoms with Crippen molar-refractivity contribution in [1.82, 2.24) is 5.32 Å². The Balaban J connectivity index is 1.83. The van der Waals surface area contributed by atoms with Gasteiger partial charge in [0.2, 0.25) is 0 Å². The van der Waals surface area contributed by atoms with Crippen LogP contribution in [0.1, 0.15) is 37.7 Å². The molecular formula is C15H21N. The van der Waals surface area contributed by atoms with Crippen molar-refractivity contribution in [1.29, 1.82) is 0 Å². The fraction of sp³-hybridized carbons (Fsp3) is 0.600. The normalized spacial score (nSPS) is 24.8. The molecule has 2 aliphatic carbocycles. The lowest BCUT2D eigenvalue weighted by Crippen LogP contribution is -2.57. The Kier molecular flexibility index (Phi) is 2.32. The Morgan fingerprint density at radius 3 is 2.31 bits per heavy atom. The average molecular weight is 215 g/mol. The van der Waals surface area contributed by atoms with E-state index in [0.29, 0.717) is 5.41 Å². The molecule has 1 heteroatoms.